The number of methoxy groups -OCH3 is 5. The molecule has 2 atom stereocenters. The van der Waals surface area contributed by atoms with Crippen LogP contribution in [0, 0.1) is 0 Å². The first-order valence-corrected chi connectivity index (χ1v) is 10.8. The first-order valence-electron chi connectivity index (χ1n) is 10.8. The zero-order valence-electron chi connectivity index (χ0n) is 20.3. The molecule has 2 aromatic rings. The lowest BCUT2D eigenvalue weighted by Gasteiger charge is -2.46. The predicted octanol–water partition coefficient (Wildman–Crippen LogP) is 0.575. The van der Waals surface area contributed by atoms with Crippen LogP contribution < -0.4 is 42.9 Å². The number of hydrogen-bond acceptors (Lipinski definition) is 6. The first-order chi connectivity index (χ1) is 15.4. The minimum atomic E-state index is -0.188. The molecule has 0 unspecified atom stereocenters. The van der Waals surface area contributed by atoms with Crippen molar-refractivity contribution in [2.24, 2.45) is 0 Å². The highest BCUT2D eigenvalue weighted by Gasteiger charge is 2.40. The van der Waals surface area contributed by atoms with Crippen LogP contribution in [0.3, 0.4) is 0 Å². The minimum Gasteiger partial charge on any atom is -1.00 e. The van der Waals surface area contributed by atoms with Gasteiger partial charge in [-0.3, -0.25) is 4.79 Å². The Morgan fingerprint density at radius 3 is 2.12 bits per heavy atom. The molecule has 0 bridgehead atoms. The molecule has 0 fully saturated rings. The number of fused-ring (bicyclic) bond motifs is 1. The Kier molecular flexibility index (Phi) is 9.66. The van der Waals surface area contributed by atoms with Crippen molar-refractivity contribution < 1.29 is 56.9 Å². The van der Waals surface area contributed by atoms with E-state index in [9.17, 15) is 4.79 Å². The van der Waals surface area contributed by atoms with Crippen molar-refractivity contribution in [2.45, 2.75) is 25.3 Å². The van der Waals surface area contributed by atoms with Gasteiger partial charge in [0.05, 0.1) is 62.1 Å². The third-order valence-corrected chi connectivity index (χ3v) is 6.58. The summed E-state index contributed by atoms with van der Waals surface area (Å²) in [6.45, 7) is 1.61. The van der Waals surface area contributed by atoms with Gasteiger partial charge in [0.2, 0.25) is 0 Å². The number of nitrogens with zero attached hydrogens (tertiary/aromatic N) is 1. The van der Waals surface area contributed by atoms with Crippen LogP contribution in [0.5, 0.6) is 23.0 Å². The summed E-state index contributed by atoms with van der Waals surface area (Å²) in [6, 6.07) is 10.3. The maximum Gasteiger partial charge on any atom is 0.311 e. The van der Waals surface area contributed by atoms with E-state index in [1.165, 1.54) is 18.2 Å². The van der Waals surface area contributed by atoms with Crippen LogP contribution in [0.4, 0.5) is 0 Å². The zero-order valence-corrected chi connectivity index (χ0v) is 22.4. The lowest BCUT2D eigenvalue weighted by Crippen LogP contribution is -3.00. The molecule has 0 spiro atoms. The molecule has 1 aliphatic rings. The summed E-state index contributed by atoms with van der Waals surface area (Å²) in [5.74, 6) is 2.67. The van der Waals surface area contributed by atoms with Gasteiger partial charge < -0.3 is 52.1 Å². The van der Waals surface area contributed by atoms with Crippen LogP contribution in [0.1, 0.15) is 29.2 Å². The number of likely N-dealkylation sites (N-methyl/N-ethyl adjacent to an activating group) is 1. The fraction of sp³-hybridized carbons (Fsp3) is 0.480. The normalized spacial score (nSPS) is 19.0. The smallest absolute Gasteiger partial charge is 0.311 e. The van der Waals surface area contributed by atoms with E-state index in [4.69, 9.17) is 23.7 Å². The number of carbonyl (C=O) groups is 1. The Balaban J connectivity index is 0.00000385. The van der Waals surface area contributed by atoms with Gasteiger partial charge in [-0.1, -0.05) is 6.07 Å². The summed E-state index contributed by atoms with van der Waals surface area (Å²) in [5.41, 5.74) is 3.61. The Morgan fingerprint density at radius 2 is 1.52 bits per heavy atom. The third kappa shape index (κ3) is 5.84. The van der Waals surface area contributed by atoms with Crippen LogP contribution >= 0.6 is 0 Å². The van der Waals surface area contributed by atoms with Gasteiger partial charge in [-0.05, 0) is 35.4 Å². The molecule has 3 rings (SSSR count). The van der Waals surface area contributed by atoms with Crippen LogP contribution in [-0.2, 0) is 22.4 Å². The van der Waals surface area contributed by atoms with Gasteiger partial charge in [0.25, 0.3) is 0 Å². The Morgan fingerprint density at radius 1 is 0.909 bits per heavy atom. The molecule has 1 aliphatic heterocycles. The molecular formula is C25H34INO6. The van der Waals surface area contributed by atoms with Gasteiger partial charge in [0.15, 0.2) is 23.0 Å². The number of benzene rings is 2. The summed E-state index contributed by atoms with van der Waals surface area (Å²) in [6.07, 6.45) is 2.05. The lowest BCUT2D eigenvalue weighted by atomic mass is 9.86. The average Bonchev–Trinajstić information content (AvgIpc) is 2.83. The fourth-order valence-electron chi connectivity index (χ4n) is 4.61. The van der Waals surface area contributed by atoms with E-state index in [-0.39, 0.29) is 36.0 Å². The average molecular weight is 571 g/mol. The summed E-state index contributed by atoms with van der Waals surface area (Å²) >= 11 is 0. The van der Waals surface area contributed by atoms with Crippen molar-refractivity contribution in [2.75, 3.05) is 55.7 Å². The Hall–Kier alpha value is -2.20. The van der Waals surface area contributed by atoms with Gasteiger partial charge in [-0.2, -0.15) is 0 Å². The quantitative estimate of drug-likeness (QED) is 0.250. The maximum atomic E-state index is 11.9. The van der Waals surface area contributed by atoms with Crippen molar-refractivity contribution in [1.82, 2.24) is 0 Å². The van der Waals surface area contributed by atoms with Crippen molar-refractivity contribution in [3.05, 3.63) is 47.0 Å². The van der Waals surface area contributed by atoms with Gasteiger partial charge in [0, 0.05) is 18.4 Å². The molecule has 0 saturated heterocycles. The highest BCUT2D eigenvalue weighted by molar-refractivity contribution is 5.69. The van der Waals surface area contributed by atoms with Crippen LogP contribution in [-0.4, -0.2) is 66.1 Å². The summed E-state index contributed by atoms with van der Waals surface area (Å²) in [5, 5.41) is 0. The van der Waals surface area contributed by atoms with Crippen LogP contribution in [0.15, 0.2) is 30.3 Å². The molecule has 1 heterocycles. The molecule has 0 N–H and O–H groups in total. The molecule has 33 heavy (non-hydrogen) atoms. The molecule has 182 valence electrons. The molecular weight excluding hydrogens is 537 g/mol. The second-order valence-corrected chi connectivity index (χ2v) is 8.32. The molecule has 8 heteroatoms. The van der Waals surface area contributed by atoms with E-state index in [1.807, 2.05) is 12.1 Å². The lowest BCUT2D eigenvalue weighted by molar-refractivity contribution is -0.940. The van der Waals surface area contributed by atoms with E-state index in [1.54, 1.807) is 28.4 Å². The van der Waals surface area contributed by atoms with E-state index >= 15 is 0 Å². The molecule has 7 nitrogen and oxygen atoms in total. The van der Waals surface area contributed by atoms with Crippen molar-refractivity contribution in [3.8, 4) is 23.0 Å². The topological polar surface area (TPSA) is 63.2 Å². The molecule has 2 aromatic carbocycles. The minimum absolute atomic E-state index is 0. The van der Waals surface area contributed by atoms with Gasteiger partial charge in [0.1, 0.15) is 6.04 Å². The van der Waals surface area contributed by atoms with Crippen LogP contribution in [0.2, 0.25) is 0 Å². The predicted molar refractivity (Wildman–Crippen MR) is 122 cm³/mol. The zero-order chi connectivity index (χ0) is 23.3. The maximum absolute atomic E-state index is 11.9. The van der Waals surface area contributed by atoms with E-state index in [0.717, 1.165) is 35.2 Å². The molecule has 0 radical (unpaired) electrons. The van der Waals surface area contributed by atoms with E-state index < -0.39 is 0 Å². The second-order valence-electron chi connectivity index (χ2n) is 8.32. The number of carbonyl (C=O) groups excluding carboxylic acids is 1. The summed E-state index contributed by atoms with van der Waals surface area (Å²) in [7, 11) is 10.2. The monoisotopic (exact) mass is 571 g/mol. The number of halogens is 1. The van der Waals surface area contributed by atoms with E-state index in [0.29, 0.717) is 30.2 Å². The van der Waals surface area contributed by atoms with Crippen molar-refractivity contribution in [3.63, 3.8) is 0 Å². The first kappa shape index (κ1) is 27.0. The van der Waals surface area contributed by atoms with Gasteiger partial charge in [-0.25, -0.2) is 0 Å². The number of esters is 1. The van der Waals surface area contributed by atoms with Gasteiger partial charge in [-0.15, -0.1) is 0 Å². The van der Waals surface area contributed by atoms with Gasteiger partial charge >= 0.3 is 5.97 Å². The molecule has 0 amide bonds. The summed E-state index contributed by atoms with van der Waals surface area (Å²) in [4.78, 5) is 11.9. The third-order valence-electron chi connectivity index (χ3n) is 6.58. The molecule has 0 aromatic heterocycles. The standard InChI is InChI=1S/C25H34NO6.HI/c1-26(12-10-25(27)32-6)11-9-18-15-23(30-4)24(31-5)16-19(18)20(26)13-17-7-8-21(28-2)22(14-17)29-3;/h7-8,14-16,20H,9-13H2,1-6H3;1H/q+1;/p-1/t20-,26-;/m1./s1. The van der Waals surface area contributed by atoms with Crippen molar-refractivity contribution >= 4 is 5.97 Å². The number of hydrogen-bond donors (Lipinski definition) is 0. The molecule has 0 aliphatic carbocycles. The summed E-state index contributed by atoms with van der Waals surface area (Å²) < 4.78 is 27.7. The number of rotatable bonds is 9. The Bertz CT molecular complexity index is 966. The SMILES string of the molecule is COC(=O)CC[N@@+]1(C)CCc2cc(OC)c(OC)cc2[C@H]1Cc1ccc(OC)c(OC)c1.[I-]. The largest absolute Gasteiger partial charge is 1.00 e. The number of quaternary nitrogens is 1. The fourth-order valence-corrected chi connectivity index (χ4v) is 4.61. The number of ether oxygens (including phenoxy) is 5. The van der Waals surface area contributed by atoms with E-state index in [2.05, 4.69) is 25.2 Å². The highest BCUT2D eigenvalue weighted by atomic mass is 127. The van der Waals surface area contributed by atoms with Crippen LogP contribution in [0.25, 0.3) is 0 Å². The van der Waals surface area contributed by atoms with Crippen molar-refractivity contribution in [1.29, 1.82) is 0 Å². The second kappa shape index (κ2) is 11.8. The Labute approximate surface area is 213 Å². The molecule has 0 saturated carbocycles. The highest BCUT2D eigenvalue weighted by Crippen LogP contribution is 2.43.